The second-order valence-electron chi connectivity index (χ2n) is 3.89. The monoisotopic (exact) mass is 287 g/mol. The highest BCUT2D eigenvalue weighted by Crippen LogP contribution is 2.05. The number of hydrogen-bond acceptors (Lipinski definition) is 4. The Kier molecular flexibility index (Phi) is 7.76. The van der Waals surface area contributed by atoms with Gasteiger partial charge in [0, 0.05) is 6.54 Å². The van der Waals surface area contributed by atoms with Crippen molar-refractivity contribution in [1.29, 1.82) is 0 Å². The van der Waals surface area contributed by atoms with Gasteiger partial charge in [-0.3, -0.25) is 9.78 Å². The molecule has 1 rings (SSSR count). The van der Waals surface area contributed by atoms with Crippen LogP contribution in [0.5, 0.6) is 0 Å². The van der Waals surface area contributed by atoms with E-state index >= 15 is 0 Å². The second-order valence-corrected chi connectivity index (χ2v) is 5.26. The molecular formula is C12H18ClN3OS. The number of aromatic nitrogens is 2. The van der Waals surface area contributed by atoms with Crippen LogP contribution in [-0.2, 0) is 0 Å². The molecule has 0 aromatic carbocycles. The minimum absolute atomic E-state index is 0.214. The van der Waals surface area contributed by atoms with E-state index in [1.165, 1.54) is 31.0 Å². The van der Waals surface area contributed by atoms with E-state index in [4.69, 9.17) is 11.6 Å². The summed E-state index contributed by atoms with van der Waals surface area (Å²) in [7, 11) is 0. The van der Waals surface area contributed by atoms with Gasteiger partial charge < -0.3 is 5.32 Å². The third-order valence-corrected chi connectivity index (χ3v) is 3.28. The van der Waals surface area contributed by atoms with Gasteiger partial charge in [-0.1, -0.05) is 24.4 Å². The molecule has 0 saturated carbocycles. The van der Waals surface area contributed by atoms with Crippen LogP contribution >= 0.6 is 23.4 Å². The van der Waals surface area contributed by atoms with Gasteiger partial charge in [0.25, 0.3) is 5.91 Å². The van der Waals surface area contributed by atoms with Gasteiger partial charge >= 0.3 is 0 Å². The quantitative estimate of drug-likeness (QED) is 0.747. The van der Waals surface area contributed by atoms with Crippen molar-refractivity contribution in [3.8, 4) is 0 Å². The van der Waals surface area contributed by atoms with Gasteiger partial charge in [-0.15, -0.1) is 0 Å². The molecule has 0 bridgehead atoms. The molecule has 18 heavy (non-hydrogen) atoms. The van der Waals surface area contributed by atoms with Crippen LogP contribution in [0.15, 0.2) is 12.4 Å². The predicted molar refractivity (Wildman–Crippen MR) is 76.2 cm³/mol. The summed E-state index contributed by atoms with van der Waals surface area (Å²) in [4.78, 5) is 19.4. The van der Waals surface area contributed by atoms with E-state index in [0.717, 1.165) is 12.8 Å². The maximum absolute atomic E-state index is 11.7. The number of carbonyl (C=O) groups is 1. The summed E-state index contributed by atoms with van der Waals surface area (Å²) in [6.07, 6.45) is 9.54. The van der Waals surface area contributed by atoms with Crippen LogP contribution < -0.4 is 5.32 Å². The Balaban J connectivity index is 2.14. The minimum atomic E-state index is -0.214. The van der Waals surface area contributed by atoms with Crippen LogP contribution in [-0.4, -0.2) is 34.4 Å². The van der Waals surface area contributed by atoms with Crippen LogP contribution in [0, 0.1) is 0 Å². The lowest BCUT2D eigenvalue weighted by atomic mass is 10.2. The molecule has 1 aromatic heterocycles. The fourth-order valence-corrected chi connectivity index (χ4v) is 2.11. The summed E-state index contributed by atoms with van der Waals surface area (Å²) in [5.41, 5.74) is 0.268. The standard InChI is InChI=1S/C12H18ClN3OS/c1-18-7-5-3-2-4-6-15-12(17)10-8-14-9-11(13)16-10/h8-9H,2-7H2,1H3,(H,15,17). The summed E-state index contributed by atoms with van der Waals surface area (Å²) < 4.78 is 0. The molecule has 0 saturated heterocycles. The lowest BCUT2D eigenvalue weighted by molar-refractivity contribution is 0.0947. The molecule has 0 fully saturated rings. The Morgan fingerprint density at radius 2 is 2.11 bits per heavy atom. The number of thioether (sulfide) groups is 1. The summed E-state index contributed by atoms with van der Waals surface area (Å²) >= 11 is 7.54. The van der Waals surface area contributed by atoms with E-state index in [9.17, 15) is 4.79 Å². The molecule has 1 heterocycles. The molecule has 0 aliphatic heterocycles. The molecule has 1 N–H and O–H groups in total. The fourth-order valence-electron chi connectivity index (χ4n) is 1.47. The normalized spacial score (nSPS) is 10.3. The predicted octanol–water partition coefficient (Wildman–Crippen LogP) is 2.78. The van der Waals surface area contributed by atoms with Crippen molar-refractivity contribution in [2.75, 3.05) is 18.6 Å². The lowest BCUT2D eigenvalue weighted by Gasteiger charge is -2.04. The summed E-state index contributed by atoms with van der Waals surface area (Å²) in [5, 5.41) is 3.05. The number of unbranched alkanes of at least 4 members (excludes halogenated alkanes) is 3. The Bertz CT molecular complexity index is 376. The van der Waals surface area contributed by atoms with E-state index in [-0.39, 0.29) is 16.8 Å². The van der Waals surface area contributed by atoms with Crippen molar-refractivity contribution in [1.82, 2.24) is 15.3 Å². The zero-order valence-electron chi connectivity index (χ0n) is 10.5. The van der Waals surface area contributed by atoms with Crippen molar-refractivity contribution in [3.05, 3.63) is 23.2 Å². The molecule has 6 heteroatoms. The zero-order chi connectivity index (χ0) is 13.2. The summed E-state index contributed by atoms with van der Waals surface area (Å²) in [5.74, 6) is 0.999. The van der Waals surface area contributed by atoms with Gasteiger partial charge in [0.05, 0.1) is 12.4 Å². The number of nitrogens with one attached hydrogen (secondary N) is 1. The Labute approximate surface area is 117 Å². The largest absolute Gasteiger partial charge is 0.351 e. The smallest absolute Gasteiger partial charge is 0.271 e. The van der Waals surface area contributed by atoms with E-state index < -0.39 is 0 Å². The molecule has 0 spiro atoms. The maximum atomic E-state index is 11.7. The number of rotatable bonds is 8. The first-order valence-corrected chi connectivity index (χ1v) is 7.76. The topological polar surface area (TPSA) is 54.9 Å². The third kappa shape index (κ3) is 6.21. The van der Waals surface area contributed by atoms with Gasteiger partial charge in [0.2, 0.25) is 0 Å². The third-order valence-electron chi connectivity index (χ3n) is 2.40. The fraction of sp³-hybridized carbons (Fsp3) is 0.583. The average molecular weight is 288 g/mol. The van der Waals surface area contributed by atoms with Crippen LogP contribution in [0.25, 0.3) is 0 Å². The highest BCUT2D eigenvalue weighted by atomic mass is 35.5. The molecule has 0 unspecified atom stereocenters. The average Bonchev–Trinajstić information content (AvgIpc) is 2.37. The molecule has 0 radical (unpaired) electrons. The Hall–Kier alpha value is -0.810. The SMILES string of the molecule is CSCCCCCCNC(=O)c1cncc(Cl)n1. The van der Waals surface area contributed by atoms with Crippen LogP contribution in [0.2, 0.25) is 5.15 Å². The van der Waals surface area contributed by atoms with Crippen LogP contribution in [0.1, 0.15) is 36.2 Å². The Morgan fingerprint density at radius 3 is 2.83 bits per heavy atom. The number of carbonyl (C=O) groups excluding carboxylic acids is 1. The first-order chi connectivity index (χ1) is 8.74. The molecule has 1 amide bonds. The molecule has 4 nitrogen and oxygen atoms in total. The molecule has 100 valence electrons. The van der Waals surface area contributed by atoms with Crippen molar-refractivity contribution in [2.45, 2.75) is 25.7 Å². The van der Waals surface area contributed by atoms with Crippen molar-refractivity contribution < 1.29 is 4.79 Å². The molecule has 0 aliphatic rings. The van der Waals surface area contributed by atoms with Crippen LogP contribution in [0.4, 0.5) is 0 Å². The summed E-state index contributed by atoms with van der Waals surface area (Å²) in [6, 6.07) is 0. The maximum Gasteiger partial charge on any atom is 0.271 e. The van der Waals surface area contributed by atoms with Gasteiger partial charge in [0.15, 0.2) is 0 Å². The van der Waals surface area contributed by atoms with E-state index in [1.54, 1.807) is 0 Å². The van der Waals surface area contributed by atoms with Crippen molar-refractivity contribution in [3.63, 3.8) is 0 Å². The second kappa shape index (κ2) is 9.16. The Morgan fingerprint density at radius 1 is 1.33 bits per heavy atom. The zero-order valence-corrected chi connectivity index (χ0v) is 12.1. The van der Waals surface area contributed by atoms with E-state index in [2.05, 4.69) is 21.5 Å². The summed E-state index contributed by atoms with van der Waals surface area (Å²) in [6.45, 7) is 0.673. The van der Waals surface area contributed by atoms with Gasteiger partial charge in [0.1, 0.15) is 10.8 Å². The van der Waals surface area contributed by atoms with E-state index in [0.29, 0.717) is 6.54 Å². The first-order valence-electron chi connectivity index (χ1n) is 5.98. The molecule has 1 aromatic rings. The minimum Gasteiger partial charge on any atom is -0.351 e. The number of halogens is 1. The van der Waals surface area contributed by atoms with E-state index in [1.807, 2.05) is 11.8 Å². The lowest BCUT2D eigenvalue weighted by Crippen LogP contribution is -2.25. The number of nitrogens with zero attached hydrogens (tertiary/aromatic N) is 2. The van der Waals surface area contributed by atoms with Crippen molar-refractivity contribution >= 4 is 29.3 Å². The molecule has 0 atom stereocenters. The molecular weight excluding hydrogens is 270 g/mol. The van der Waals surface area contributed by atoms with Crippen molar-refractivity contribution in [2.24, 2.45) is 0 Å². The van der Waals surface area contributed by atoms with Gasteiger partial charge in [-0.2, -0.15) is 11.8 Å². The highest BCUT2D eigenvalue weighted by molar-refractivity contribution is 7.98. The van der Waals surface area contributed by atoms with Gasteiger partial charge in [-0.05, 0) is 24.9 Å². The van der Waals surface area contributed by atoms with Crippen LogP contribution in [0.3, 0.4) is 0 Å². The number of amides is 1. The number of hydrogen-bond donors (Lipinski definition) is 1. The van der Waals surface area contributed by atoms with Gasteiger partial charge in [-0.25, -0.2) is 4.98 Å². The highest BCUT2D eigenvalue weighted by Gasteiger charge is 2.06. The molecule has 0 aliphatic carbocycles. The first kappa shape index (κ1) is 15.2.